The van der Waals surface area contributed by atoms with Crippen molar-refractivity contribution >= 4 is 17.3 Å². The van der Waals surface area contributed by atoms with Gasteiger partial charge >= 0.3 is 5.97 Å². The van der Waals surface area contributed by atoms with Gasteiger partial charge in [-0.15, -0.1) is 0 Å². The fraction of sp³-hybridized carbons (Fsp3) is 0.417. The minimum atomic E-state index is -0.222. The molecule has 0 aliphatic heterocycles. The van der Waals surface area contributed by atoms with Crippen LogP contribution in [0.15, 0.2) is 24.3 Å². The van der Waals surface area contributed by atoms with E-state index in [9.17, 15) is 4.79 Å². The highest BCUT2D eigenvalue weighted by Gasteiger charge is 1.99. The molecule has 5 heteroatoms. The molecular weight excluding hydrogens is 218 g/mol. The Bertz CT molecular complexity index is 338. The quantitative estimate of drug-likeness (QED) is 0.372. The molecule has 0 unspecified atom stereocenters. The Morgan fingerprint density at radius 2 is 2.00 bits per heavy atom. The van der Waals surface area contributed by atoms with Gasteiger partial charge in [0, 0.05) is 24.5 Å². The summed E-state index contributed by atoms with van der Waals surface area (Å²) in [6.07, 6.45) is 0. The highest BCUT2D eigenvalue weighted by Crippen LogP contribution is 2.09. The summed E-state index contributed by atoms with van der Waals surface area (Å²) in [5.41, 5.74) is 7.33. The predicted molar refractivity (Wildman–Crippen MR) is 68.8 cm³/mol. The maximum Gasteiger partial charge on any atom is 0.319 e. The van der Waals surface area contributed by atoms with E-state index in [0.717, 1.165) is 17.9 Å². The molecule has 0 aromatic heterocycles. The second-order valence-electron chi connectivity index (χ2n) is 3.53. The summed E-state index contributed by atoms with van der Waals surface area (Å²) in [4.78, 5) is 11.0. The van der Waals surface area contributed by atoms with E-state index in [4.69, 9.17) is 10.5 Å². The number of esters is 1. The van der Waals surface area contributed by atoms with Crippen LogP contribution < -0.4 is 16.4 Å². The molecule has 0 amide bonds. The molecule has 0 saturated carbocycles. The van der Waals surface area contributed by atoms with Gasteiger partial charge in [-0.1, -0.05) is 0 Å². The zero-order valence-corrected chi connectivity index (χ0v) is 10.0. The summed E-state index contributed by atoms with van der Waals surface area (Å²) >= 11 is 0. The van der Waals surface area contributed by atoms with Gasteiger partial charge in [0.05, 0.1) is 13.2 Å². The number of nitrogens with two attached hydrogens (primary N) is 1. The summed E-state index contributed by atoms with van der Waals surface area (Å²) in [5, 5.41) is 6.20. The van der Waals surface area contributed by atoms with Crippen LogP contribution >= 0.6 is 0 Å². The van der Waals surface area contributed by atoms with E-state index in [0.29, 0.717) is 13.2 Å². The molecule has 17 heavy (non-hydrogen) atoms. The first-order chi connectivity index (χ1) is 8.22. The lowest BCUT2D eigenvalue weighted by molar-refractivity contribution is -0.141. The largest absolute Gasteiger partial charge is 0.465 e. The SMILES string of the molecule is CCOC(=O)CNCCNc1ccc(N)cc1. The third-order valence-electron chi connectivity index (χ3n) is 2.12. The average molecular weight is 237 g/mol. The predicted octanol–water partition coefficient (Wildman–Crippen LogP) is 0.833. The van der Waals surface area contributed by atoms with E-state index in [2.05, 4.69) is 10.6 Å². The number of benzene rings is 1. The molecule has 0 spiro atoms. The lowest BCUT2D eigenvalue weighted by Gasteiger charge is -2.07. The zero-order chi connectivity index (χ0) is 12.5. The van der Waals surface area contributed by atoms with Crippen molar-refractivity contribution in [2.75, 3.05) is 37.3 Å². The Kier molecular flexibility index (Phi) is 5.88. The number of hydrogen-bond acceptors (Lipinski definition) is 5. The monoisotopic (exact) mass is 237 g/mol. The van der Waals surface area contributed by atoms with Gasteiger partial charge in [-0.2, -0.15) is 0 Å². The Morgan fingerprint density at radius 3 is 2.65 bits per heavy atom. The van der Waals surface area contributed by atoms with Crippen molar-refractivity contribution in [2.45, 2.75) is 6.92 Å². The number of ether oxygens (including phenoxy) is 1. The molecule has 0 atom stereocenters. The maximum absolute atomic E-state index is 11.0. The molecule has 0 heterocycles. The van der Waals surface area contributed by atoms with Crippen LogP contribution in [0.2, 0.25) is 0 Å². The van der Waals surface area contributed by atoms with Gasteiger partial charge in [0.15, 0.2) is 0 Å². The minimum Gasteiger partial charge on any atom is -0.465 e. The van der Waals surface area contributed by atoms with Crippen LogP contribution in [0, 0.1) is 0 Å². The Balaban J connectivity index is 2.08. The molecule has 94 valence electrons. The number of carbonyl (C=O) groups excluding carboxylic acids is 1. The average Bonchev–Trinajstić information content (AvgIpc) is 2.31. The van der Waals surface area contributed by atoms with Gasteiger partial charge in [-0.05, 0) is 31.2 Å². The van der Waals surface area contributed by atoms with Crippen LogP contribution in [0.4, 0.5) is 11.4 Å². The van der Waals surface area contributed by atoms with Crippen molar-refractivity contribution < 1.29 is 9.53 Å². The molecule has 0 bridgehead atoms. The fourth-order valence-electron chi connectivity index (χ4n) is 1.30. The van der Waals surface area contributed by atoms with Gasteiger partial charge < -0.3 is 21.1 Å². The van der Waals surface area contributed by atoms with Crippen molar-refractivity contribution in [3.63, 3.8) is 0 Å². The van der Waals surface area contributed by atoms with Crippen molar-refractivity contribution in [3.8, 4) is 0 Å². The van der Waals surface area contributed by atoms with Gasteiger partial charge in [0.2, 0.25) is 0 Å². The van der Waals surface area contributed by atoms with Crippen LogP contribution in [0.3, 0.4) is 0 Å². The first-order valence-corrected chi connectivity index (χ1v) is 5.68. The topological polar surface area (TPSA) is 76.4 Å². The van der Waals surface area contributed by atoms with E-state index in [1.165, 1.54) is 0 Å². The molecule has 1 aromatic rings. The molecule has 5 nitrogen and oxygen atoms in total. The number of rotatable bonds is 7. The highest BCUT2D eigenvalue weighted by atomic mass is 16.5. The molecule has 1 aromatic carbocycles. The van der Waals surface area contributed by atoms with Gasteiger partial charge in [-0.25, -0.2) is 0 Å². The van der Waals surface area contributed by atoms with Gasteiger partial charge in [-0.3, -0.25) is 4.79 Å². The zero-order valence-electron chi connectivity index (χ0n) is 10.0. The third kappa shape index (κ3) is 5.77. The first-order valence-electron chi connectivity index (χ1n) is 5.68. The number of hydrogen-bond donors (Lipinski definition) is 3. The molecular formula is C12H19N3O2. The lowest BCUT2D eigenvalue weighted by atomic mass is 10.3. The van der Waals surface area contributed by atoms with E-state index in [1.807, 2.05) is 24.3 Å². The molecule has 4 N–H and O–H groups in total. The van der Waals surface area contributed by atoms with Crippen LogP contribution in [-0.4, -0.2) is 32.2 Å². The lowest BCUT2D eigenvalue weighted by Crippen LogP contribution is -2.29. The van der Waals surface area contributed by atoms with E-state index in [-0.39, 0.29) is 12.5 Å². The minimum absolute atomic E-state index is 0.222. The van der Waals surface area contributed by atoms with Gasteiger partial charge in [0.25, 0.3) is 0 Å². The third-order valence-corrected chi connectivity index (χ3v) is 2.12. The summed E-state index contributed by atoms with van der Waals surface area (Å²) in [7, 11) is 0. The van der Waals surface area contributed by atoms with Gasteiger partial charge in [0.1, 0.15) is 0 Å². The van der Waals surface area contributed by atoms with Crippen LogP contribution in [-0.2, 0) is 9.53 Å². The maximum atomic E-state index is 11.0. The molecule has 0 fully saturated rings. The molecule has 0 radical (unpaired) electrons. The van der Waals surface area contributed by atoms with E-state index >= 15 is 0 Å². The van der Waals surface area contributed by atoms with Crippen molar-refractivity contribution in [2.24, 2.45) is 0 Å². The summed E-state index contributed by atoms with van der Waals surface area (Å²) < 4.78 is 4.78. The molecule has 1 rings (SSSR count). The Morgan fingerprint density at radius 1 is 1.29 bits per heavy atom. The first kappa shape index (κ1) is 13.3. The van der Waals surface area contributed by atoms with Crippen molar-refractivity contribution in [1.29, 1.82) is 0 Å². The number of nitrogen functional groups attached to an aromatic ring is 1. The summed E-state index contributed by atoms with van der Waals surface area (Å²) in [6, 6.07) is 7.52. The number of carbonyl (C=O) groups is 1. The van der Waals surface area contributed by atoms with Crippen molar-refractivity contribution in [1.82, 2.24) is 5.32 Å². The number of anilines is 2. The normalized spacial score (nSPS) is 9.94. The van der Waals surface area contributed by atoms with Crippen LogP contribution in [0.5, 0.6) is 0 Å². The Labute approximate surface area is 101 Å². The highest BCUT2D eigenvalue weighted by molar-refractivity contribution is 5.71. The van der Waals surface area contributed by atoms with E-state index < -0.39 is 0 Å². The van der Waals surface area contributed by atoms with Crippen molar-refractivity contribution in [3.05, 3.63) is 24.3 Å². The number of nitrogens with one attached hydrogen (secondary N) is 2. The van der Waals surface area contributed by atoms with Crippen LogP contribution in [0.1, 0.15) is 6.92 Å². The van der Waals surface area contributed by atoms with Crippen LogP contribution in [0.25, 0.3) is 0 Å². The molecule has 0 saturated heterocycles. The second kappa shape index (κ2) is 7.51. The Hall–Kier alpha value is -1.75. The summed E-state index contributed by atoms with van der Waals surface area (Å²) in [5.74, 6) is -0.222. The standard InChI is InChI=1S/C12H19N3O2/c1-2-17-12(16)9-14-7-8-15-11-5-3-10(13)4-6-11/h3-6,14-15H,2,7-9,13H2,1H3. The summed E-state index contributed by atoms with van der Waals surface area (Å²) in [6.45, 7) is 3.90. The van der Waals surface area contributed by atoms with E-state index in [1.54, 1.807) is 6.92 Å². The fourth-order valence-corrected chi connectivity index (χ4v) is 1.30. The molecule has 0 aliphatic carbocycles. The second-order valence-corrected chi connectivity index (χ2v) is 3.53. The smallest absolute Gasteiger partial charge is 0.319 e. The molecule has 0 aliphatic rings.